The van der Waals surface area contributed by atoms with Crippen LogP contribution in [0.2, 0.25) is 0 Å². The van der Waals surface area contributed by atoms with Crippen LogP contribution in [0.5, 0.6) is 0 Å². The molecule has 0 unspecified atom stereocenters. The molecule has 0 atom stereocenters. The highest BCUT2D eigenvalue weighted by Crippen LogP contribution is 2.23. The van der Waals surface area contributed by atoms with E-state index in [1.165, 1.54) is 5.41 Å². The van der Waals surface area contributed by atoms with Crippen molar-refractivity contribution in [2.45, 2.75) is 13.8 Å². The highest BCUT2D eigenvalue weighted by Gasteiger charge is 2.07. The van der Waals surface area contributed by atoms with Gasteiger partial charge in [0.05, 0.1) is 16.1 Å². The summed E-state index contributed by atoms with van der Waals surface area (Å²) in [4.78, 5) is 4.42. The zero-order valence-electron chi connectivity index (χ0n) is 13.9. The number of thiazole rings is 1. The van der Waals surface area contributed by atoms with Crippen molar-refractivity contribution in [1.82, 2.24) is 4.98 Å². The van der Waals surface area contributed by atoms with Gasteiger partial charge in [-0.2, -0.15) is 0 Å². The van der Waals surface area contributed by atoms with Crippen LogP contribution in [0.3, 0.4) is 0 Å². The first kappa shape index (κ1) is 17.4. The first-order valence-electron chi connectivity index (χ1n) is 7.71. The molecular weight excluding hydrogens is 352 g/mol. The SMILES string of the molecule is Cc1ccc(/C=C/S(=O)(=O)Nc2ccc(-c3csc(C)n3)cc2)cc1. The maximum atomic E-state index is 12.2. The van der Waals surface area contributed by atoms with Gasteiger partial charge in [0.1, 0.15) is 0 Å². The van der Waals surface area contributed by atoms with Gasteiger partial charge in [0.25, 0.3) is 10.0 Å². The second-order valence-electron chi connectivity index (χ2n) is 5.69. The molecule has 128 valence electrons. The molecule has 3 rings (SSSR count). The lowest BCUT2D eigenvalue weighted by atomic mass is 10.1. The second kappa shape index (κ2) is 7.21. The van der Waals surface area contributed by atoms with Gasteiger partial charge >= 0.3 is 0 Å². The minimum atomic E-state index is -3.56. The number of aryl methyl sites for hydroxylation is 2. The summed E-state index contributed by atoms with van der Waals surface area (Å²) < 4.78 is 26.9. The van der Waals surface area contributed by atoms with E-state index in [0.717, 1.165) is 27.4 Å². The van der Waals surface area contributed by atoms with Crippen LogP contribution < -0.4 is 4.72 Å². The van der Waals surface area contributed by atoms with E-state index in [-0.39, 0.29) is 0 Å². The molecule has 1 N–H and O–H groups in total. The molecule has 0 aliphatic heterocycles. The molecule has 0 aliphatic rings. The van der Waals surface area contributed by atoms with Crippen LogP contribution in [0.15, 0.2) is 59.3 Å². The molecule has 6 heteroatoms. The van der Waals surface area contributed by atoms with Crippen molar-refractivity contribution in [2.24, 2.45) is 0 Å². The van der Waals surface area contributed by atoms with Crippen LogP contribution in [-0.4, -0.2) is 13.4 Å². The van der Waals surface area contributed by atoms with E-state index in [1.807, 2.05) is 55.6 Å². The van der Waals surface area contributed by atoms with Gasteiger partial charge in [0.15, 0.2) is 0 Å². The predicted octanol–water partition coefficient (Wildman–Crippen LogP) is 4.84. The third kappa shape index (κ3) is 4.78. The van der Waals surface area contributed by atoms with Gasteiger partial charge in [-0.25, -0.2) is 13.4 Å². The van der Waals surface area contributed by atoms with Crippen molar-refractivity contribution in [3.8, 4) is 11.3 Å². The summed E-state index contributed by atoms with van der Waals surface area (Å²) in [5.74, 6) is 0. The first-order chi connectivity index (χ1) is 11.9. The maximum absolute atomic E-state index is 12.2. The Kier molecular flexibility index (Phi) is 5.01. The van der Waals surface area contributed by atoms with Crippen LogP contribution in [0.4, 0.5) is 5.69 Å². The molecule has 1 heterocycles. The van der Waals surface area contributed by atoms with Crippen molar-refractivity contribution in [3.05, 3.63) is 75.5 Å². The zero-order valence-corrected chi connectivity index (χ0v) is 15.6. The third-order valence-corrected chi connectivity index (χ3v) is 5.36. The smallest absolute Gasteiger partial charge is 0.255 e. The molecule has 4 nitrogen and oxygen atoms in total. The normalized spacial score (nSPS) is 11.8. The van der Waals surface area contributed by atoms with Crippen molar-refractivity contribution in [1.29, 1.82) is 0 Å². The molecule has 0 aliphatic carbocycles. The molecule has 0 spiro atoms. The van der Waals surface area contributed by atoms with Gasteiger partial charge in [-0.1, -0.05) is 42.0 Å². The Bertz CT molecular complexity index is 987. The molecular formula is C19H18N2O2S2. The van der Waals surface area contributed by atoms with Gasteiger partial charge in [0, 0.05) is 16.6 Å². The summed E-state index contributed by atoms with van der Waals surface area (Å²) in [5.41, 5.74) is 4.35. The Hall–Kier alpha value is -2.44. The average molecular weight is 370 g/mol. The molecule has 0 amide bonds. The van der Waals surface area contributed by atoms with Crippen LogP contribution in [-0.2, 0) is 10.0 Å². The van der Waals surface area contributed by atoms with Crippen molar-refractivity contribution >= 4 is 33.1 Å². The second-order valence-corrected chi connectivity index (χ2v) is 8.32. The molecule has 25 heavy (non-hydrogen) atoms. The summed E-state index contributed by atoms with van der Waals surface area (Å²) >= 11 is 1.59. The van der Waals surface area contributed by atoms with Crippen LogP contribution in [0.1, 0.15) is 16.1 Å². The lowest BCUT2D eigenvalue weighted by Gasteiger charge is -2.05. The Balaban J connectivity index is 1.71. The van der Waals surface area contributed by atoms with Crippen LogP contribution >= 0.6 is 11.3 Å². The highest BCUT2D eigenvalue weighted by molar-refractivity contribution is 7.95. The van der Waals surface area contributed by atoms with E-state index in [0.29, 0.717) is 5.69 Å². The molecule has 0 radical (unpaired) electrons. The molecule has 0 bridgehead atoms. The fourth-order valence-corrected chi connectivity index (χ4v) is 3.74. The topological polar surface area (TPSA) is 59.1 Å². The lowest BCUT2D eigenvalue weighted by molar-refractivity contribution is 0.609. The highest BCUT2D eigenvalue weighted by atomic mass is 32.2. The van der Waals surface area contributed by atoms with Crippen molar-refractivity contribution < 1.29 is 8.42 Å². The summed E-state index contributed by atoms with van der Waals surface area (Å²) in [6.07, 6.45) is 1.58. The number of rotatable bonds is 5. The monoisotopic (exact) mass is 370 g/mol. The summed E-state index contributed by atoms with van der Waals surface area (Å²) in [5, 5.41) is 4.16. The van der Waals surface area contributed by atoms with E-state index in [2.05, 4.69) is 9.71 Å². The standard InChI is InChI=1S/C19H18N2O2S2/c1-14-3-5-16(6-4-14)11-12-25(22,23)21-18-9-7-17(8-10-18)19-13-24-15(2)20-19/h3-13,21H,1-2H3/b12-11+. The van der Waals surface area contributed by atoms with Crippen LogP contribution in [0.25, 0.3) is 17.3 Å². The molecule has 0 fully saturated rings. The Morgan fingerprint density at radius 2 is 1.68 bits per heavy atom. The minimum absolute atomic E-state index is 0.518. The first-order valence-corrected chi connectivity index (χ1v) is 10.1. The molecule has 2 aromatic carbocycles. The number of anilines is 1. The third-order valence-electron chi connectivity index (χ3n) is 3.58. The quantitative estimate of drug-likeness (QED) is 0.699. The zero-order chi connectivity index (χ0) is 17.9. The Labute approximate surface area is 151 Å². The number of hydrogen-bond donors (Lipinski definition) is 1. The molecule has 0 saturated carbocycles. The number of aromatic nitrogens is 1. The van der Waals surface area contributed by atoms with Crippen LogP contribution in [0, 0.1) is 13.8 Å². The van der Waals surface area contributed by atoms with E-state index in [1.54, 1.807) is 29.5 Å². The number of nitrogens with zero attached hydrogens (tertiary/aromatic N) is 1. The fourth-order valence-electron chi connectivity index (χ4n) is 2.25. The van der Waals surface area contributed by atoms with E-state index >= 15 is 0 Å². The van der Waals surface area contributed by atoms with Gasteiger partial charge in [-0.15, -0.1) is 11.3 Å². The van der Waals surface area contributed by atoms with E-state index in [9.17, 15) is 8.42 Å². The molecule has 1 aromatic heterocycles. The molecule has 3 aromatic rings. The van der Waals surface area contributed by atoms with Crippen molar-refractivity contribution in [3.63, 3.8) is 0 Å². The number of benzene rings is 2. The minimum Gasteiger partial charge on any atom is -0.280 e. The summed E-state index contributed by atoms with van der Waals surface area (Å²) in [6.45, 7) is 3.94. The largest absolute Gasteiger partial charge is 0.280 e. The van der Waals surface area contributed by atoms with E-state index < -0.39 is 10.0 Å². The van der Waals surface area contributed by atoms with Gasteiger partial charge < -0.3 is 0 Å². The fraction of sp³-hybridized carbons (Fsp3) is 0.105. The van der Waals surface area contributed by atoms with E-state index in [4.69, 9.17) is 0 Å². The van der Waals surface area contributed by atoms with Gasteiger partial charge in [0.2, 0.25) is 0 Å². The average Bonchev–Trinajstić information content (AvgIpc) is 3.01. The lowest BCUT2D eigenvalue weighted by Crippen LogP contribution is -2.08. The van der Waals surface area contributed by atoms with Gasteiger partial charge in [-0.3, -0.25) is 4.72 Å². The number of nitrogens with one attached hydrogen (secondary N) is 1. The summed E-state index contributed by atoms with van der Waals surface area (Å²) in [6, 6.07) is 14.8. The number of sulfonamides is 1. The number of hydrogen-bond acceptors (Lipinski definition) is 4. The Morgan fingerprint density at radius 3 is 2.28 bits per heavy atom. The molecule has 0 saturated heterocycles. The maximum Gasteiger partial charge on any atom is 0.255 e. The Morgan fingerprint density at radius 1 is 1.00 bits per heavy atom. The predicted molar refractivity (Wildman–Crippen MR) is 105 cm³/mol. The summed E-state index contributed by atoms with van der Waals surface area (Å²) in [7, 11) is -3.56. The van der Waals surface area contributed by atoms with Crippen molar-refractivity contribution in [2.75, 3.05) is 4.72 Å². The van der Waals surface area contributed by atoms with Gasteiger partial charge in [-0.05, 0) is 37.6 Å².